The fraction of sp³-hybridized carbons (Fsp3) is 0.850. The molecule has 150 valence electrons. The molecule has 1 N–H and O–H groups in total. The van der Waals surface area contributed by atoms with Gasteiger partial charge in [-0.15, -0.1) is 11.8 Å². The third-order valence-corrected chi connectivity index (χ3v) is 5.65. The largest absolute Gasteiger partial charge is 0.356 e. The lowest BCUT2D eigenvalue weighted by Gasteiger charge is -2.19. The molecule has 26 heavy (non-hydrogen) atoms. The molecule has 5 nitrogen and oxygen atoms in total. The van der Waals surface area contributed by atoms with Gasteiger partial charge in [0.25, 0.3) is 0 Å². The monoisotopic (exact) mass is 384 g/mol. The van der Waals surface area contributed by atoms with Crippen molar-refractivity contribution in [3.05, 3.63) is 0 Å². The van der Waals surface area contributed by atoms with Gasteiger partial charge in [0, 0.05) is 25.9 Å². The zero-order valence-corrected chi connectivity index (χ0v) is 18.1. The number of carbonyl (C=O) groups is 3. The van der Waals surface area contributed by atoms with Crippen LogP contribution in [0.3, 0.4) is 0 Å². The van der Waals surface area contributed by atoms with Crippen LogP contribution in [0.1, 0.15) is 73.6 Å². The summed E-state index contributed by atoms with van der Waals surface area (Å²) < 4.78 is 0. The van der Waals surface area contributed by atoms with Crippen LogP contribution in [-0.4, -0.2) is 46.7 Å². The highest BCUT2D eigenvalue weighted by atomic mass is 32.2. The van der Waals surface area contributed by atoms with Crippen molar-refractivity contribution in [2.75, 3.05) is 18.8 Å². The van der Waals surface area contributed by atoms with E-state index in [0.29, 0.717) is 12.0 Å². The molecular weight excluding hydrogens is 348 g/mol. The lowest BCUT2D eigenvalue weighted by atomic mass is 9.91. The molecule has 1 heterocycles. The van der Waals surface area contributed by atoms with E-state index in [1.54, 1.807) is 11.8 Å². The van der Waals surface area contributed by atoms with Gasteiger partial charge in [-0.3, -0.25) is 19.3 Å². The second kappa shape index (κ2) is 9.77. The van der Waals surface area contributed by atoms with Crippen LogP contribution in [0.5, 0.6) is 0 Å². The summed E-state index contributed by atoms with van der Waals surface area (Å²) in [6, 6.07) is 0. The Morgan fingerprint density at radius 3 is 2.31 bits per heavy atom. The minimum absolute atomic E-state index is 0.101. The van der Waals surface area contributed by atoms with Crippen molar-refractivity contribution in [2.45, 2.75) is 78.9 Å². The van der Waals surface area contributed by atoms with Crippen molar-refractivity contribution in [1.29, 1.82) is 0 Å². The van der Waals surface area contributed by atoms with Gasteiger partial charge >= 0.3 is 0 Å². The normalized spacial score (nSPS) is 18.5. The van der Waals surface area contributed by atoms with Gasteiger partial charge in [-0.25, -0.2) is 0 Å². The summed E-state index contributed by atoms with van der Waals surface area (Å²) in [6.07, 6.45) is 3.50. The van der Waals surface area contributed by atoms with Gasteiger partial charge in [0.2, 0.25) is 17.7 Å². The summed E-state index contributed by atoms with van der Waals surface area (Å²) in [6.45, 7) is 13.8. The molecule has 0 saturated carbocycles. The van der Waals surface area contributed by atoms with E-state index in [2.05, 4.69) is 46.9 Å². The number of thioether (sulfide) groups is 1. The second-order valence-electron chi connectivity index (χ2n) is 9.52. The molecule has 1 saturated heterocycles. The highest BCUT2D eigenvalue weighted by Gasteiger charge is 2.38. The smallest absolute Gasteiger partial charge is 0.242 e. The van der Waals surface area contributed by atoms with Gasteiger partial charge in [0.1, 0.15) is 0 Å². The Balaban J connectivity index is 2.32. The molecule has 0 bridgehead atoms. The Morgan fingerprint density at radius 1 is 1.12 bits per heavy atom. The molecule has 1 aliphatic heterocycles. The number of likely N-dealkylation sites (tertiary alicyclic amines) is 1. The Kier molecular flexibility index (Phi) is 8.64. The molecule has 0 aromatic carbocycles. The third-order valence-electron chi connectivity index (χ3n) is 4.35. The molecule has 1 rings (SSSR count). The molecule has 1 atom stereocenters. The second-order valence-corrected chi connectivity index (χ2v) is 10.8. The van der Waals surface area contributed by atoms with Crippen LogP contribution >= 0.6 is 11.8 Å². The fourth-order valence-electron chi connectivity index (χ4n) is 2.72. The number of amides is 3. The predicted molar refractivity (Wildman–Crippen MR) is 108 cm³/mol. The molecule has 6 heteroatoms. The van der Waals surface area contributed by atoms with E-state index in [9.17, 15) is 14.4 Å². The minimum Gasteiger partial charge on any atom is -0.356 e. The predicted octanol–water partition coefficient (Wildman–Crippen LogP) is 3.62. The van der Waals surface area contributed by atoms with Crippen LogP contribution in [0.25, 0.3) is 0 Å². The van der Waals surface area contributed by atoms with Gasteiger partial charge in [-0.1, -0.05) is 41.5 Å². The summed E-state index contributed by atoms with van der Waals surface area (Å²) in [7, 11) is 0. The highest BCUT2D eigenvalue weighted by Crippen LogP contribution is 2.28. The summed E-state index contributed by atoms with van der Waals surface area (Å²) >= 11 is 1.58. The van der Waals surface area contributed by atoms with Crippen molar-refractivity contribution >= 4 is 29.5 Å². The molecule has 1 aliphatic rings. The first-order valence-electron chi connectivity index (χ1n) is 9.61. The van der Waals surface area contributed by atoms with E-state index in [0.717, 1.165) is 25.0 Å². The number of carbonyl (C=O) groups excluding carboxylic acids is 3. The lowest BCUT2D eigenvalue weighted by Crippen LogP contribution is -2.36. The fourth-order valence-corrected chi connectivity index (χ4v) is 3.85. The molecule has 1 fully saturated rings. The van der Waals surface area contributed by atoms with E-state index in [1.807, 2.05) is 0 Å². The maximum Gasteiger partial charge on any atom is 0.242 e. The SMILES string of the molecule is CC(C)(C)CCCSC1CC(=O)N(CCC(=O)NCCC(C)(C)C)C1=O. The Bertz CT molecular complexity index is 506. The van der Waals surface area contributed by atoms with Crippen LogP contribution < -0.4 is 5.32 Å². The number of nitrogens with one attached hydrogen (secondary N) is 1. The van der Waals surface area contributed by atoms with E-state index in [-0.39, 0.29) is 47.8 Å². The molecular formula is C20H36N2O3S. The van der Waals surface area contributed by atoms with Crippen molar-refractivity contribution in [3.63, 3.8) is 0 Å². The van der Waals surface area contributed by atoms with Crippen LogP contribution in [0.15, 0.2) is 0 Å². The van der Waals surface area contributed by atoms with E-state index < -0.39 is 0 Å². The van der Waals surface area contributed by atoms with Crippen molar-refractivity contribution in [2.24, 2.45) is 10.8 Å². The van der Waals surface area contributed by atoms with Crippen LogP contribution in [-0.2, 0) is 14.4 Å². The molecule has 0 aromatic rings. The summed E-state index contributed by atoms with van der Waals surface area (Å²) in [5.41, 5.74) is 0.466. The quantitative estimate of drug-likeness (QED) is 0.487. The zero-order chi connectivity index (χ0) is 20.0. The standard InChI is InChI=1S/C20H36N2O3S/c1-19(2,3)9-7-13-26-15-14-17(24)22(18(15)25)12-8-16(23)21-11-10-20(4,5)6/h15H,7-14H2,1-6H3,(H,21,23). The number of hydrogen-bond acceptors (Lipinski definition) is 4. The van der Waals surface area contributed by atoms with E-state index in [1.165, 1.54) is 4.90 Å². The summed E-state index contributed by atoms with van der Waals surface area (Å²) in [5, 5.41) is 2.59. The molecule has 0 aromatic heterocycles. The zero-order valence-electron chi connectivity index (χ0n) is 17.3. The van der Waals surface area contributed by atoms with Gasteiger partial charge in [0.15, 0.2) is 0 Å². The van der Waals surface area contributed by atoms with Gasteiger partial charge in [-0.2, -0.15) is 0 Å². The molecule has 3 amide bonds. The number of rotatable bonds is 9. The average Bonchev–Trinajstić information content (AvgIpc) is 2.73. The van der Waals surface area contributed by atoms with Crippen molar-refractivity contribution < 1.29 is 14.4 Å². The Hall–Kier alpha value is -1.04. The van der Waals surface area contributed by atoms with Crippen LogP contribution in [0, 0.1) is 10.8 Å². The van der Waals surface area contributed by atoms with Gasteiger partial charge in [0.05, 0.1) is 5.25 Å². The highest BCUT2D eigenvalue weighted by molar-refractivity contribution is 8.00. The lowest BCUT2D eigenvalue weighted by molar-refractivity contribution is -0.138. The minimum atomic E-state index is -0.272. The molecule has 0 spiro atoms. The number of nitrogens with zero attached hydrogens (tertiary/aromatic N) is 1. The first-order valence-corrected chi connectivity index (χ1v) is 10.7. The van der Waals surface area contributed by atoms with Gasteiger partial charge < -0.3 is 5.32 Å². The number of imide groups is 1. The maximum atomic E-state index is 12.4. The first-order chi connectivity index (χ1) is 11.9. The van der Waals surface area contributed by atoms with Crippen LogP contribution in [0.2, 0.25) is 0 Å². The molecule has 0 aliphatic carbocycles. The first kappa shape index (κ1) is 23.0. The van der Waals surface area contributed by atoms with E-state index >= 15 is 0 Å². The Labute approximate surface area is 163 Å². The number of hydrogen-bond donors (Lipinski definition) is 1. The van der Waals surface area contributed by atoms with Crippen molar-refractivity contribution in [1.82, 2.24) is 10.2 Å². The van der Waals surface area contributed by atoms with Crippen molar-refractivity contribution in [3.8, 4) is 0 Å². The molecule has 1 unspecified atom stereocenters. The summed E-state index contributed by atoms with van der Waals surface area (Å²) in [5.74, 6) is 0.516. The van der Waals surface area contributed by atoms with E-state index in [4.69, 9.17) is 0 Å². The molecule has 0 radical (unpaired) electrons. The average molecular weight is 385 g/mol. The van der Waals surface area contributed by atoms with Gasteiger partial charge in [-0.05, 0) is 35.8 Å². The topological polar surface area (TPSA) is 66.5 Å². The Morgan fingerprint density at radius 2 is 1.73 bits per heavy atom. The summed E-state index contributed by atoms with van der Waals surface area (Å²) in [4.78, 5) is 37.7. The van der Waals surface area contributed by atoms with Crippen LogP contribution in [0.4, 0.5) is 0 Å². The third kappa shape index (κ3) is 9.06. The maximum absolute atomic E-state index is 12.4.